The lowest BCUT2D eigenvalue weighted by atomic mass is 10.0. The normalized spacial score (nSPS) is 13.4. The Labute approximate surface area is 125 Å². The molecule has 0 spiro atoms. The molecule has 0 bridgehead atoms. The number of aryl methyl sites for hydroxylation is 1. The zero-order chi connectivity index (χ0) is 15.2. The first-order valence-electron chi connectivity index (χ1n) is 7.09. The predicted octanol–water partition coefficient (Wildman–Crippen LogP) is 3.25. The van der Waals surface area contributed by atoms with Crippen molar-refractivity contribution in [2.24, 2.45) is 0 Å². The van der Waals surface area contributed by atoms with Gasteiger partial charge < -0.3 is 10.4 Å². The van der Waals surface area contributed by atoms with E-state index in [2.05, 4.69) is 37.4 Å². The molecule has 0 aliphatic heterocycles. The maximum Gasteiger partial charge on any atom is 0.0991 e. The fourth-order valence-electron chi connectivity index (χ4n) is 2.37. The van der Waals surface area contributed by atoms with Crippen molar-refractivity contribution in [2.75, 3.05) is 6.54 Å². The van der Waals surface area contributed by atoms with Gasteiger partial charge in [-0.05, 0) is 42.7 Å². The third-order valence-electron chi connectivity index (χ3n) is 3.70. The lowest BCUT2D eigenvalue weighted by Gasteiger charge is -2.19. The average molecular weight is 280 g/mol. The van der Waals surface area contributed by atoms with Gasteiger partial charge in [-0.1, -0.05) is 36.4 Å². The molecule has 2 rings (SSSR count). The van der Waals surface area contributed by atoms with E-state index in [1.165, 1.54) is 11.1 Å². The van der Waals surface area contributed by atoms with Gasteiger partial charge in [0.15, 0.2) is 0 Å². The standard InChI is InChI=1S/C18H20N2O/c1-13-5-3-4-6-17(13)14(2)20-12-18(21)16-9-7-15(11-19)8-10-16/h3-10,14,18,20-21H,12H2,1-2H3. The second-order valence-corrected chi connectivity index (χ2v) is 5.24. The van der Waals surface area contributed by atoms with E-state index < -0.39 is 6.10 Å². The summed E-state index contributed by atoms with van der Waals surface area (Å²) in [6.45, 7) is 4.65. The smallest absolute Gasteiger partial charge is 0.0991 e. The van der Waals surface area contributed by atoms with E-state index in [-0.39, 0.29) is 6.04 Å². The molecule has 2 unspecified atom stereocenters. The lowest BCUT2D eigenvalue weighted by molar-refractivity contribution is 0.170. The Morgan fingerprint density at radius 3 is 2.43 bits per heavy atom. The summed E-state index contributed by atoms with van der Waals surface area (Å²) in [6, 6.07) is 17.5. The Bertz CT molecular complexity index is 628. The van der Waals surface area contributed by atoms with Crippen molar-refractivity contribution in [2.45, 2.75) is 26.0 Å². The van der Waals surface area contributed by atoms with E-state index in [9.17, 15) is 5.11 Å². The third-order valence-corrected chi connectivity index (χ3v) is 3.70. The Hall–Kier alpha value is -2.15. The molecule has 0 aliphatic rings. The van der Waals surface area contributed by atoms with Gasteiger partial charge in [0.05, 0.1) is 17.7 Å². The van der Waals surface area contributed by atoms with Crippen molar-refractivity contribution < 1.29 is 5.11 Å². The van der Waals surface area contributed by atoms with Crippen molar-refractivity contribution >= 4 is 0 Å². The highest BCUT2D eigenvalue weighted by molar-refractivity contribution is 5.32. The molecule has 2 N–H and O–H groups in total. The minimum Gasteiger partial charge on any atom is -0.387 e. The van der Waals surface area contributed by atoms with Gasteiger partial charge in [0.2, 0.25) is 0 Å². The van der Waals surface area contributed by atoms with Crippen molar-refractivity contribution in [1.82, 2.24) is 5.32 Å². The highest BCUT2D eigenvalue weighted by Gasteiger charge is 2.11. The summed E-state index contributed by atoms with van der Waals surface area (Å²) in [5, 5.41) is 22.3. The summed E-state index contributed by atoms with van der Waals surface area (Å²) < 4.78 is 0. The van der Waals surface area contributed by atoms with Crippen LogP contribution in [0.1, 0.15) is 41.3 Å². The fraction of sp³-hybridized carbons (Fsp3) is 0.278. The molecular weight excluding hydrogens is 260 g/mol. The molecule has 3 nitrogen and oxygen atoms in total. The highest BCUT2D eigenvalue weighted by Crippen LogP contribution is 2.18. The van der Waals surface area contributed by atoms with E-state index in [0.29, 0.717) is 12.1 Å². The van der Waals surface area contributed by atoms with Crippen LogP contribution in [0.5, 0.6) is 0 Å². The molecule has 0 saturated carbocycles. The number of nitriles is 1. The van der Waals surface area contributed by atoms with E-state index in [4.69, 9.17) is 5.26 Å². The Morgan fingerprint density at radius 2 is 1.81 bits per heavy atom. The van der Waals surface area contributed by atoms with Gasteiger partial charge >= 0.3 is 0 Å². The fourth-order valence-corrected chi connectivity index (χ4v) is 2.37. The molecule has 0 aromatic heterocycles. The number of nitrogens with one attached hydrogen (secondary N) is 1. The van der Waals surface area contributed by atoms with Crippen molar-refractivity contribution in [3.8, 4) is 6.07 Å². The van der Waals surface area contributed by atoms with Crippen molar-refractivity contribution in [1.29, 1.82) is 5.26 Å². The Morgan fingerprint density at radius 1 is 1.14 bits per heavy atom. The molecule has 3 heteroatoms. The minimum absolute atomic E-state index is 0.180. The monoisotopic (exact) mass is 280 g/mol. The first-order valence-corrected chi connectivity index (χ1v) is 7.09. The number of aliphatic hydroxyl groups is 1. The van der Waals surface area contributed by atoms with Crippen LogP contribution in [0.15, 0.2) is 48.5 Å². The maximum atomic E-state index is 10.2. The molecular formula is C18H20N2O. The molecule has 0 fully saturated rings. The highest BCUT2D eigenvalue weighted by atomic mass is 16.3. The molecule has 0 heterocycles. The van der Waals surface area contributed by atoms with E-state index in [1.54, 1.807) is 24.3 Å². The largest absolute Gasteiger partial charge is 0.387 e. The van der Waals surface area contributed by atoms with Gasteiger partial charge in [0.25, 0.3) is 0 Å². The summed E-state index contributed by atoms with van der Waals surface area (Å²) in [5.41, 5.74) is 3.90. The van der Waals surface area contributed by atoms with Gasteiger partial charge in [0, 0.05) is 12.6 Å². The topological polar surface area (TPSA) is 56.0 Å². The second-order valence-electron chi connectivity index (χ2n) is 5.24. The lowest BCUT2D eigenvalue weighted by Crippen LogP contribution is -2.25. The summed E-state index contributed by atoms with van der Waals surface area (Å²) in [6.07, 6.45) is -0.579. The summed E-state index contributed by atoms with van der Waals surface area (Å²) in [7, 11) is 0. The van der Waals surface area contributed by atoms with Crippen LogP contribution in [0, 0.1) is 18.3 Å². The molecule has 0 saturated heterocycles. The summed E-state index contributed by atoms with van der Waals surface area (Å²) in [5.74, 6) is 0. The first kappa shape index (κ1) is 15.2. The first-order chi connectivity index (χ1) is 10.1. The molecule has 108 valence electrons. The molecule has 2 aromatic carbocycles. The number of nitrogens with zero attached hydrogens (tertiary/aromatic N) is 1. The van der Waals surface area contributed by atoms with Gasteiger partial charge in [-0.25, -0.2) is 0 Å². The SMILES string of the molecule is Cc1ccccc1C(C)NCC(O)c1ccc(C#N)cc1. The van der Waals surface area contributed by atoms with E-state index in [0.717, 1.165) is 5.56 Å². The predicted molar refractivity (Wildman–Crippen MR) is 83.7 cm³/mol. The number of rotatable bonds is 5. The van der Waals surface area contributed by atoms with Gasteiger partial charge in [-0.15, -0.1) is 0 Å². The van der Waals surface area contributed by atoms with Crippen LogP contribution in [0.3, 0.4) is 0 Å². The number of hydrogen-bond acceptors (Lipinski definition) is 3. The van der Waals surface area contributed by atoms with Crippen LogP contribution in [-0.2, 0) is 0 Å². The molecule has 2 atom stereocenters. The molecule has 0 aliphatic carbocycles. The zero-order valence-corrected chi connectivity index (χ0v) is 12.4. The van der Waals surface area contributed by atoms with Crippen LogP contribution < -0.4 is 5.32 Å². The third kappa shape index (κ3) is 3.91. The van der Waals surface area contributed by atoms with Gasteiger partial charge in [-0.2, -0.15) is 5.26 Å². The number of aliphatic hydroxyl groups excluding tert-OH is 1. The second kappa shape index (κ2) is 7.03. The number of hydrogen-bond donors (Lipinski definition) is 2. The zero-order valence-electron chi connectivity index (χ0n) is 12.4. The molecule has 0 amide bonds. The van der Waals surface area contributed by atoms with Crippen molar-refractivity contribution in [3.63, 3.8) is 0 Å². The minimum atomic E-state index is -0.579. The Balaban J connectivity index is 1.96. The Kier molecular flexibility index (Phi) is 5.10. The summed E-state index contributed by atoms with van der Waals surface area (Å²) >= 11 is 0. The van der Waals surface area contributed by atoms with Gasteiger partial charge in [0.1, 0.15) is 0 Å². The quantitative estimate of drug-likeness (QED) is 0.884. The summed E-state index contributed by atoms with van der Waals surface area (Å²) in [4.78, 5) is 0. The van der Waals surface area contributed by atoms with Crippen LogP contribution in [0.2, 0.25) is 0 Å². The van der Waals surface area contributed by atoms with Gasteiger partial charge in [-0.3, -0.25) is 0 Å². The van der Waals surface area contributed by atoms with Crippen LogP contribution in [0.25, 0.3) is 0 Å². The van der Waals surface area contributed by atoms with Crippen molar-refractivity contribution in [3.05, 3.63) is 70.8 Å². The molecule has 2 aromatic rings. The van der Waals surface area contributed by atoms with Crippen LogP contribution in [0.4, 0.5) is 0 Å². The van der Waals surface area contributed by atoms with E-state index in [1.807, 2.05) is 12.1 Å². The van der Waals surface area contributed by atoms with Crippen LogP contribution >= 0.6 is 0 Å². The van der Waals surface area contributed by atoms with E-state index >= 15 is 0 Å². The molecule has 0 radical (unpaired) electrons. The number of benzene rings is 2. The maximum absolute atomic E-state index is 10.2. The van der Waals surface area contributed by atoms with Crippen LogP contribution in [-0.4, -0.2) is 11.7 Å². The average Bonchev–Trinajstić information content (AvgIpc) is 2.52. The molecule has 21 heavy (non-hydrogen) atoms.